The number of hydrogen-bond acceptors (Lipinski definition) is 8. The maximum absolute atomic E-state index is 5.05. The smallest absolute Gasteiger partial charge is 0.184 e. The molecule has 27 heavy (non-hydrogen) atoms. The molecule has 0 saturated carbocycles. The van der Waals surface area contributed by atoms with Crippen molar-refractivity contribution < 1.29 is 4.42 Å². The highest BCUT2D eigenvalue weighted by Crippen LogP contribution is 2.27. The molecule has 0 aliphatic carbocycles. The van der Waals surface area contributed by atoms with E-state index in [1.165, 1.54) is 12.7 Å². The fourth-order valence-corrected chi connectivity index (χ4v) is 3.37. The zero-order valence-corrected chi connectivity index (χ0v) is 14.8. The van der Waals surface area contributed by atoms with Crippen LogP contribution in [0.3, 0.4) is 0 Å². The van der Waals surface area contributed by atoms with Gasteiger partial charge in [0, 0.05) is 6.20 Å². The Morgan fingerprint density at radius 2 is 2.11 bits per heavy atom. The molecule has 0 aromatic carbocycles. The molecule has 138 valence electrons. The van der Waals surface area contributed by atoms with Crippen LogP contribution in [0.5, 0.6) is 0 Å². The first kappa shape index (κ1) is 15.9. The van der Waals surface area contributed by atoms with Crippen molar-refractivity contribution in [3.8, 4) is 11.5 Å². The van der Waals surface area contributed by atoms with Crippen molar-refractivity contribution >= 4 is 22.5 Å². The largest absolute Gasteiger partial charge is 0.451 e. The Morgan fingerprint density at radius 1 is 1.22 bits per heavy atom. The molecule has 1 aliphatic heterocycles. The molecule has 1 saturated heterocycles. The highest BCUT2D eigenvalue weighted by Gasteiger charge is 2.19. The third-order valence-electron chi connectivity index (χ3n) is 4.89. The summed E-state index contributed by atoms with van der Waals surface area (Å²) in [6, 6.07) is 0.431. The number of nitrogens with zero attached hydrogens (tertiary/aromatic N) is 7. The lowest BCUT2D eigenvalue weighted by molar-refractivity contribution is 0.212. The maximum atomic E-state index is 5.05. The average Bonchev–Trinajstić information content (AvgIpc) is 3.43. The summed E-state index contributed by atoms with van der Waals surface area (Å²) in [4.78, 5) is 15.5. The highest BCUT2D eigenvalue weighted by atomic mass is 16.3. The van der Waals surface area contributed by atoms with Crippen molar-refractivity contribution in [1.29, 1.82) is 0 Å². The molecule has 0 spiro atoms. The molecule has 5 rings (SSSR count). The van der Waals surface area contributed by atoms with Gasteiger partial charge >= 0.3 is 0 Å². The van der Waals surface area contributed by atoms with Gasteiger partial charge in [-0.2, -0.15) is 10.2 Å². The number of oxazole rings is 1. The van der Waals surface area contributed by atoms with Crippen LogP contribution in [-0.2, 0) is 0 Å². The molecule has 5 heterocycles. The van der Waals surface area contributed by atoms with Gasteiger partial charge in [0.1, 0.15) is 23.0 Å². The van der Waals surface area contributed by atoms with Crippen LogP contribution in [0.2, 0.25) is 0 Å². The molecule has 0 atom stereocenters. The van der Waals surface area contributed by atoms with E-state index in [4.69, 9.17) is 4.42 Å². The van der Waals surface area contributed by atoms with Crippen molar-refractivity contribution in [1.82, 2.24) is 39.8 Å². The number of aromatic nitrogens is 7. The van der Waals surface area contributed by atoms with E-state index in [0.29, 0.717) is 28.9 Å². The van der Waals surface area contributed by atoms with Crippen LogP contribution in [0.4, 0.5) is 11.5 Å². The van der Waals surface area contributed by atoms with Gasteiger partial charge in [0.25, 0.3) is 0 Å². The van der Waals surface area contributed by atoms with Crippen LogP contribution in [-0.4, -0.2) is 60.0 Å². The minimum Gasteiger partial charge on any atom is -0.451 e. The third-order valence-corrected chi connectivity index (χ3v) is 4.89. The second kappa shape index (κ2) is 6.47. The van der Waals surface area contributed by atoms with E-state index in [0.717, 1.165) is 37.1 Å². The van der Waals surface area contributed by atoms with Crippen molar-refractivity contribution in [2.45, 2.75) is 18.9 Å². The van der Waals surface area contributed by atoms with Crippen molar-refractivity contribution in [3.05, 3.63) is 31.2 Å². The molecule has 10 nitrogen and oxygen atoms in total. The van der Waals surface area contributed by atoms with Gasteiger partial charge < -0.3 is 14.6 Å². The van der Waals surface area contributed by atoms with E-state index in [1.807, 2.05) is 17.1 Å². The summed E-state index contributed by atoms with van der Waals surface area (Å²) >= 11 is 0. The minimum absolute atomic E-state index is 0.431. The Hall–Kier alpha value is -3.27. The standard InChI is InChI=1S/C17H19N9O/c1-25-4-2-12(3-5-25)26-8-11(6-20-26)21-17-15-13(7-19-24-15)22-16(23-17)14-9-27-10-18-14/h6-10,12H,2-5H2,1H3,(H,19,24)(H,21,22,23). The summed E-state index contributed by atoms with van der Waals surface area (Å²) < 4.78 is 7.09. The first-order valence-corrected chi connectivity index (χ1v) is 8.85. The number of likely N-dealkylation sites (tertiary alicyclic amines) is 1. The van der Waals surface area contributed by atoms with Crippen LogP contribution in [0.15, 0.2) is 35.7 Å². The van der Waals surface area contributed by atoms with Crippen molar-refractivity contribution in [2.75, 3.05) is 25.5 Å². The van der Waals surface area contributed by atoms with E-state index in [1.54, 1.807) is 6.20 Å². The van der Waals surface area contributed by atoms with Gasteiger partial charge in [-0.15, -0.1) is 0 Å². The maximum Gasteiger partial charge on any atom is 0.184 e. The molecule has 4 aromatic heterocycles. The van der Waals surface area contributed by atoms with E-state index in [9.17, 15) is 0 Å². The van der Waals surface area contributed by atoms with E-state index in [-0.39, 0.29) is 0 Å². The fourth-order valence-electron chi connectivity index (χ4n) is 3.37. The number of fused-ring (bicyclic) bond motifs is 1. The molecule has 1 aliphatic rings. The quantitative estimate of drug-likeness (QED) is 0.566. The number of piperidine rings is 1. The number of rotatable bonds is 4. The summed E-state index contributed by atoms with van der Waals surface area (Å²) in [7, 11) is 2.16. The van der Waals surface area contributed by atoms with Crippen molar-refractivity contribution in [2.24, 2.45) is 0 Å². The van der Waals surface area contributed by atoms with Gasteiger partial charge in [-0.25, -0.2) is 15.0 Å². The Kier molecular flexibility index (Phi) is 3.82. The number of anilines is 2. The number of H-pyrrole nitrogens is 1. The lowest BCUT2D eigenvalue weighted by Gasteiger charge is -2.28. The number of hydrogen-bond donors (Lipinski definition) is 2. The second-order valence-electron chi connectivity index (χ2n) is 6.77. The van der Waals surface area contributed by atoms with Crippen LogP contribution < -0.4 is 5.32 Å². The molecular formula is C17H19N9O. The first-order valence-electron chi connectivity index (χ1n) is 8.85. The molecule has 2 N–H and O–H groups in total. The van der Waals surface area contributed by atoms with E-state index in [2.05, 4.69) is 47.5 Å². The topological polar surface area (TPSA) is 114 Å². The van der Waals surface area contributed by atoms with Gasteiger partial charge in [-0.3, -0.25) is 9.78 Å². The molecule has 1 fully saturated rings. The Morgan fingerprint density at radius 3 is 2.93 bits per heavy atom. The van der Waals surface area contributed by atoms with Gasteiger partial charge in [0.05, 0.1) is 24.1 Å². The minimum atomic E-state index is 0.431. The fraction of sp³-hybridized carbons (Fsp3) is 0.353. The molecule has 0 bridgehead atoms. The first-order chi connectivity index (χ1) is 13.3. The van der Waals surface area contributed by atoms with Gasteiger partial charge in [-0.1, -0.05) is 0 Å². The zero-order valence-electron chi connectivity index (χ0n) is 14.8. The lowest BCUT2D eigenvalue weighted by atomic mass is 10.1. The Bertz CT molecular complexity index is 1040. The summed E-state index contributed by atoms with van der Waals surface area (Å²) in [6.45, 7) is 2.18. The monoisotopic (exact) mass is 365 g/mol. The summed E-state index contributed by atoms with van der Waals surface area (Å²) in [5, 5.41) is 14.9. The SMILES string of the molecule is CN1CCC(n2cc(Nc3nc(-c4cocn4)nc4cn[nH]c34)cn2)CC1. The predicted molar refractivity (Wildman–Crippen MR) is 98.5 cm³/mol. The average molecular weight is 365 g/mol. The lowest BCUT2D eigenvalue weighted by Crippen LogP contribution is -2.31. The molecule has 0 amide bonds. The second-order valence-corrected chi connectivity index (χ2v) is 6.77. The van der Waals surface area contributed by atoms with Gasteiger partial charge in [0.15, 0.2) is 18.0 Å². The number of aromatic amines is 1. The summed E-state index contributed by atoms with van der Waals surface area (Å²) in [5.74, 6) is 1.10. The molecule has 0 radical (unpaired) electrons. The molecule has 10 heteroatoms. The van der Waals surface area contributed by atoms with Crippen LogP contribution in [0.25, 0.3) is 22.6 Å². The summed E-state index contributed by atoms with van der Waals surface area (Å²) in [6.07, 6.45) is 10.6. The summed E-state index contributed by atoms with van der Waals surface area (Å²) in [5.41, 5.74) is 2.88. The predicted octanol–water partition coefficient (Wildman–Crippen LogP) is 2.21. The van der Waals surface area contributed by atoms with E-state index < -0.39 is 0 Å². The Balaban J connectivity index is 1.44. The van der Waals surface area contributed by atoms with Crippen molar-refractivity contribution in [3.63, 3.8) is 0 Å². The zero-order chi connectivity index (χ0) is 18.2. The normalized spacial score (nSPS) is 16.2. The number of nitrogens with one attached hydrogen (secondary N) is 2. The molecule has 4 aromatic rings. The third kappa shape index (κ3) is 3.04. The van der Waals surface area contributed by atoms with Crippen LogP contribution >= 0.6 is 0 Å². The van der Waals surface area contributed by atoms with Crippen LogP contribution in [0, 0.1) is 0 Å². The molecule has 0 unspecified atom stereocenters. The Labute approximate surface area is 154 Å². The van der Waals surface area contributed by atoms with Gasteiger partial charge in [-0.05, 0) is 33.0 Å². The highest BCUT2D eigenvalue weighted by molar-refractivity contribution is 5.88. The van der Waals surface area contributed by atoms with Gasteiger partial charge in [0.2, 0.25) is 0 Å². The molecular weight excluding hydrogens is 346 g/mol. The van der Waals surface area contributed by atoms with E-state index >= 15 is 0 Å². The van der Waals surface area contributed by atoms with Crippen LogP contribution in [0.1, 0.15) is 18.9 Å².